The van der Waals surface area contributed by atoms with Crippen LogP contribution in [0.3, 0.4) is 0 Å². The van der Waals surface area contributed by atoms with E-state index in [1.54, 1.807) is 5.38 Å². The summed E-state index contributed by atoms with van der Waals surface area (Å²) in [5, 5.41) is 8.54. The summed E-state index contributed by atoms with van der Waals surface area (Å²) in [7, 11) is 0. The summed E-state index contributed by atoms with van der Waals surface area (Å²) in [4.78, 5) is 28.3. The maximum atomic E-state index is 13.6. The number of amides is 1. The first-order valence-electron chi connectivity index (χ1n) is 9.15. The molecule has 4 rings (SSSR count). The van der Waals surface area contributed by atoms with Crippen LogP contribution in [0.15, 0.2) is 48.0 Å². The molecule has 148 valence electrons. The zero-order valence-electron chi connectivity index (χ0n) is 15.5. The minimum Gasteiger partial charge on any atom is -0.345 e. The van der Waals surface area contributed by atoms with Gasteiger partial charge >= 0.3 is 0 Å². The van der Waals surface area contributed by atoms with Crippen LogP contribution in [0.2, 0.25) is 0 Å². The van der Waals surface area contributed by atoms with Crippen molar-refractivity contribution in [2.24, 2.45) is 0 Å². The Morgan fingerprint density at radius 1 is 1.14 bits per heavy atom. The summed E-state index contributed by atoms with van der Waals surface area (Å²) >= 11 is 1.43. The predicted octanol–water partition coefficient (Wildman–Crippen LogP) is 2.82. The van der Waals surface area contributed by atoms with Gasteiger partial charge in [0.05, 0.1) is 34.8 Å². The number of carbonyl (C=O) groups excluding carboxylic acids is 1. The zero-order valence-corrected chi connectivity index (χ0v) is 16.3. The van der Waals surface area contributed by atoms with Gasteiger partial charge in [-0.05, 0) is 24.3 Å². The van der Waals surface area contributed by atoms with Crippen molar-refractivity contribution < 1.29 is 9.18 Å². The van der Waals surface area contributed by atoms with E-state index in [1.165, 1.54) is 29.7 Å². The van der Waals surface area contributed by atoms with Crippen LogP contribution in [0.4, 0.5) is 4.39 Å². The topological polar surface area (TPSA) is 95.6 Å². The number of fused-ring (bicyclic) bond motifs is 1. The summed E-state index contributed by atoms with van der Waals surface area (Å²) in [6, 6.07) is 10.7. The Labute approximate surface area is 170 Å². The second-order valence-corrected chi connectivity index (χ2v) is 7.31. The van der Waals surface area contributed by atoms with Gasteiger partial charge in [-0.3, -0.25) is 9.78 Å². The van der Waals surface area contributed by atoms with Gasteiger partial charge in [0.1, 0.15) is 17.3 Å². The van der Waals surface area contributed by atoms with Crippen molar-refractivity contribution in [1.29, 1.82) is 0 Å². The lowest BCUT2D eigenvalue weighted by Gasteiger charge is -2.03. The maximum absolute atomic E-state index is 13.6. The number of carbonyl (C=O) groups is 1. The molecule has 7 nitrogen and oxygen atoms in total. The van der Waals surface area contributed by atoms with Crippen LogP contribution in [0, 0.1) is 5.82 Å². The molecule has 3 aromatic heterocycles. The average Bonchev–Trinajstić information content (AvgIpc) is 3.37. The van der Waals surface area contributed by atoms with E-state index in [-0.39, 0.29) is 18.1 Å². The average molecular weight is 410 g/mol. The number of hydrogen-bond donors (Lipinski definition) is 3. The van der Waals surface area contributed by atoms with E-state index >= 15 is 0 Å². The van der Waals surface area contributed by atoms with Gasteiger partial charge in [0.2, 0.25) is 0 Å². The number of nitrogens with zero attached hydrogens (tertiary/aromatic N) is 3. The Morgan fingerprint density at radius 2 is 2.03 bits per heavy atom. The standard InChI is InChI=1S/C20H19FN6OS/c21-13-4-3-8-23-16(13)10-24-20(28)17-12-29-19(27-17)7-9-22-11-18-25-14-5-1-2-6-15(14)26-18/h1-6,8,12,22H,7,9-11H2,(H,24,28)(H,25,26). The van der Waals surface area contributed by atoms with E-state index in [0.717, 1.165) is 21.9 Å². The number of imidazole rings is 1. The van der Waals surface area contributed by atoms with E-state index in [1.807, 2.05) is 24.3 Å². The molecule has 29 heavy (non-hydrogen) atoms. The largest absolute Gasteiger partial charge is 0.345 e. The highest BCUT2D eigenvalue weighted by Crippen LogP contribution is 2.12. The molecule has 3 N–H and O–H groups in total. The lowest BCUT2D eigenvalue weighted by molar-refractivity contribution is 0.0945. The van der Waals surface area contributed by atoms with Crippen LogP contribution in [-0.2, 0) is 19.5 Å². The van der Waals surface area contributed by atoms with Gasteiger partial charge in [-0.25, -0.2) is 14.4 Å². The molecule has 0 radical (unpaired) electrons. The van der Waals surface area contributed by atoms with Crippen LogP contribution in [0.25, 0.3) is 11.0 Å². The van der Waals surface area contributed by atoms with Crippen LogP contribution in [-0.4, -0.2) is 32.4 Å². The molecule has 0 atom stereocenters. The number of benzene rings is 1. The molecule has 0 bridgehead atoms. The fourth-order valence-corrected chi connectivity index (χ4v) is 3.60. The van der Waals surface area contributed by atoms with Gasteiger partial charge < -0.3 is 15.6 Å². The molecular weight excluding hydrogens is 391 g/mol. The zero-order chi connectivity index (χ0) is 20.1. The molecule has 4 aromatic rings. The van der Waals surface area contributed by atoms with Gasteiger partial charge in [0.15, 0.2) is 0 Å². The maximum Gasteiger partial charge on any atom is 0.271 e. The molecule has 0 fully saturated rings. The number of aromatic amines is 1. The Kier molecular flexibility index (Phi) is 5.87. The van der Waals surface area contributed by atoms with Crippen molar-refractivity contribution in [2.75, 3.05) is 6.54 Å². The highest BCUT2D eigenvalue weighted by atomic mass is 32.1. The fraction of sp³-hybridized carbons (Fsp3) is 0.200. The number of aromatic nitrogens is 4. The normalized spacial score (nSPS) is 11.1. The third-order valence-electron chi connectivity index (χ3n) is 4.28. The number of H-pyrrole nitrogens is 1. The number of hydrogen-bond acceptors (Lipinski definition) is 6. The number of pyridine rings is 1. The summed E-state index contributed by atoms with van der Waals surface area (Å²) in [6.45, 7) is 1.37. The molecule has 0 aliphatic heterocycles. The van der Waals surface area contributed by atoms with Crippen molar-refractivity contribution >= 4 is 28.3 Å². The molecule has 0 aliphatic rings. The molecule has 0 aliphatic carbocycles. The summed E-state index contributed by atoms with van der Waals surface area (Å²) < 4.78 is 13.6. The molecule has 0 spiro atoms. The SMILES string of the molecule is O=C(NCc1ncccc1F)c1csc(CCNCc2nc3ccccc3[nH]2)n1. The third-order valence-corrected chi connectivity index (χ3v) is 5.19. The lowest BCUT2D eigenvalue weighted by Crippen LogP contribution is -2.24. The minimum atomic E-state index is -0.442. The second-order valence-electron chi connectivity index (χ2n) is 6.37. The molecule has 3 heterocycles. The fourth-order valence-electron chi connectivity index (χ4n) is 2.82. The van der Waals surface area contributed by atoms with Crippen LogP contribution in [0.1, 0.15) is 27.0 Å². The molecular formula is C20H19FN6OS. The van der Waals surface area contributed by atoms with Crippen molar-refractivity contribution in [3.63, 3.8) is 0 Å². The molecule has 0 unspecified atom stereocenters. The summed E-state index contributed by atoms with van der Waals surface area (Å²) in [6.07, 6.45) is 2.19. The first kappa shape index (κ1) is 19.2. The number of thiazole rings is 1. The highest BCUT2D eigenvalue weighted by molar-refractivity contribution is 7.09. The summed E-state index contributed by atoms with van der Waals surface area (Å²) in [5.41, 5.74) is 2.50. The van der Waals surface area contributed by atoms with E-state index in [9.17, 15) is 9.18 Å². The molecule has 0 saturated heterocycles. The van der Waals surface area contributed by atoms with Gasteiger partial charge in [0, 0.05) is 24.5 Å². The van der Waals surface area contributed by atoms with Gasteiger partial charge in [-0.2, -0.15) is 0 Å². The molecule has 1 amide bonds. The van der Waals surface area contributed by atoms with Gasteiger partial charge in [-0.1, -0.05) is 12.1 Å². The number of halogens is 1. The smallest absolute Gasteiger partial charge is 0.271 e. The Balaban J connectivity index is 1.23. The van der Waals surface area contributed by atoms with E-state index in [4.69, 9.17) is 0 Å². The first-order chi connectivity index (χ1) is 14.2. The van der Waals surface area contributed by atoms with Gasteiger partial charge in [-0.15, -0.1) is 11.3 Å². The molecule has 9 heteroatoms. The van der Waals surface area contributed by atoms with Crippen molar-refractivity contribution in [3.8, 4) is 0 Å². The van der Waals surface area contributed by atoms with E-state index in [2.05, 4.69) is 30.6 Å². The van der Waals surface area contributed by atoms with E-state index in [0.29, 0.717) is 25.2 Å². The van der Waals surface area contributed by atoms with Crippen LogP contribution < -0.4 is 10.6 Å². The van der Waals surface area contributed by atoms with Crippen LogP contribution >= 0.6 is 11.3 Å². The number of nitrogens with one attached hydrogen (secondary N) is 3. The summed E-state index contributed by atoms with van der Waals surface area (Å²) in [5.74, 6) is 0.0993. The minimum absolute atomic E-state index is 0.0252. The van der Waals surface area contributed by atoms with E-state index < -0.39 is 5.82 Å². The quantitative estimate of drug-likeness (QED) is 0.388. The van der Waals surface area contributed by atoms with Crippen molar-refractivity contribution in [3.05, 3.63) is 76.0 Å². The highest BCUT2D eigenvalue weighted by Gasteiger charge is 2.12. The lowest BCUT2D eigenvalue weighted by atomic mass is 10.3. The third kappa shape index (κ3) is 4.82. The number of rotatable bonds is 8. The number of para-hydroxylation sites is 2. The Bertz CT molecular complexity index is 1090. The Hall–Kier alpha value is -3.17. The van der Waals surface area contributed by atoms with Gasteiger partial charge in [0.25, 0.3) is 5.91 Å². The monoisotopic (exact) mass is 410 g/mol. The van der Waals surface area contributed by atoms with Crippen molar-refractivity contribution in [2.45, 2.75) is 19.5 Å². The Morgan fingerprint density at radius 3 is 2.90 bits per heavy atom. The first-order valence-corrected chi connectivity index (χ1v) is 10.0. The second kappa shape index (κ2) is 8.89. The predicted molar refractivity (Wildman–Crippen MR) is 109 cm³/mol. The molecule has 1 aromatic carbocycles. The molecule has 0 saturated carbocycles. The van der Waals surface area contributed by atoms with Crippen LogP contribution in [0.5, 0.6) is 0 Å². The van der Waals surface area contributed by atoms with Crippen molar-refractivity contribution in [1.82, 2.24) is 30.6 Å².